The molecule has 0 saturated heterocycles. The molecule has 0 saturated carbocycles. The number of rotatable bonds is 6. The summed E-state index contributed by atoms with van der Waals surface area (Å²) in [4.78, 5) is 10.9. The maximum absolute atomic E-state index is 13.6. The average molecular weight is 257 g/mol. The van der Waals surface area contributed by atoms with Gasteiger partial charge in [0.1, 0.15) is 6.04 Å². The normalized spacial score (nSPS) is 13.3. The molecule has 5 heteroatoms. The Balaban J connectivity index is 2.95. The van der Waals surface area contributed by atoms with Gasteiger partial charge in [-0.3, -0.25) is 4.79 Å². The number of hydrogen-bond donors (Lipinski definition) is 2. The summed E-state index contributed by atoms with van der Waals surface area (Å²) in [5.41, 5.74) is 0.384. The van der Waals surface area contributed by atoms with Crippen LogP contribution in [-0.2, 0) is 10.7 Å². The van der Waals surface area contributed by atoms with E-state index < -0.39 is 17.9 Å². The Kier molecular flexibility index (Phi) is 4.78. The van der Waals surface area contributed by atoms with Crippen LogP contribution < -0.4 is 5.32 Å². The minimum Gasteiger partial charge on any atom is -0.480 e. The van der Waals surface area contributed by atoms with Crippen molar-refractivity contribution in [2.24, 2.45) is 0 Å². The van der Waals surface area contributed by atoms with Crippen molar-refractivity contribution in [1.29, 1.82) is 0 Å². The first kappa shape index (κ1) is 14.6. The predicted molar refractivity (Wildman–Crippen MR) is 64.7 cm³/mol. The molecule has 0 aliphatic heterocycles. The first-order valence-electron chi connectivity index (χ1n) is 5.80. The van der Waals surface area contributed by atoms with Crippen LogP contribution >= 0.6 is 0 Å². The Morgan fingerprint density at radius 3 is 2.33 bits per heavy atom. The van der Waals surface area contributed by atoms with Crippen molar-refractivity contribution in [3.8, 4) is 0 Å². The minimum absolute atomic E-state index is 0.0756. The average Bonchev–Trinajstić information content (AvgIpc) is 2.30. The fourth-order valence-corrected chi connectivity index (χ4v) is 1.81. The number of carboxylic acid groups (broad SMARTS) is 1. The van der Waals surface area contributed by atoms with Crippen LogP contribution in [0.2, 0.25) is 0 Å². The molecular formula is C13H17F2NO2. The van der Waals surface area contributed by atoms with Crippen molar-refractivity contribution in [2.45, 2.75) is 31.7 Å². The van der Waals surface area contributed by atoms with Crippen LogP contribution in [0.3, 0.4) is 0 Å². The summed E-state index contributed by atoms with van der Waals surface area (Å²) in [6, 6.07) is 4.55. The lowest BCUT2D eigenvalue weighted by atomic mass is 10.00. The first-order valence-corrected chi connectivity index (χ1v) is 5.80. The van der Waals surface area contributed by atoms with Crippen LogP contribution in [0.5, 0.6) is 0 Å². The third-order valence-electron chi connectivity index (χ3n) is 2.77. The summed E-state index contributed by atoms with van der Waals surface area (Å²) in [6.45, 7) is 1.70. The number of benzene rings is 1. The molecule has 0 radical (unpaired) electrons. The van der Waals surface area contributed by atoms with Gasteiger partial charge in [0.2, 0.25) is 0 Å². The van der Waals surface area contributed by atoms with E-state index in [1.54, 1.807) is 6.92 Å². The van der Waals surface area contributed by atoms with Gasteiger partial charge in [-0.05, 0) is 12.6 Å². The van der Waals surface area contributed by atoms with Gasteiger partial charge in [-0.1, -0.05) is 37.6 Å². The quantitative estimate of drug-likeness (QED) is 0.823. The van der Waals surface area contributed by atoms with Gasteiger partial charge in [-0.15, -0.1) is 0 Å². The Labute approximate surface area is 105 Å². The number of likely N-dealkylation sites (N-methyl/N-ethyl adjacent to an activating group) is 1. The molecule has 0 bridgehead atoms. The van der Waals surface area contributed by atoms with Crippen molar-refractivity contribution in [2.75, 3.05) is 7.05 Å². The maximum Gasteiger partial charge on any atom is 0.325 e. The highest BCUT2D eigenvalue weighted by Gasteiger charge is 2.30. The lowest BCUT2D eigenvalue weighted by Crippen LogP contribution is -2.25. The molecule has 0 aromatic heterocycles. The molecule has 0 spiro atoms. The van der Waals surface area contributed by atoms with Crippen LogP contribution in [0, 0.1) is 0 Å². The summed E-state index contributed by atoms with van der Waals surface area (Å²) in [5, 5.41) is 11.5. The number of aliphatic carboxylic acids is 1. The monoisotopic (exact) mass is 257 g/mol. The number of alkyl halides is 2. The lowest BCUT2D eigenvalue weighted by molar-refractivity contribution is -0.139. The van der Waals surface area contributed by atoms with Crippen LogP contribution in [-0.4, -0.2) is 18.1 Å². The molecule has 1 rings (SSSR count). The fraction of sp³-hybridized carbons (Fsp3) is 0.462. The van der Waals surface area contributed by atoms with E-state index in [9.17, 15) is 13.6 Å². The summed E-state index contributed by atoms with van der Waals surface area (Å²) in [6.07, 6.45) is 0.184. The van der Waals surface area contributed by atoms with Gasteiger partial charge in [0.05, 0.1) is 0 Å². The smallest absolute Gasteiger partial charge is 0.325 e. The zero-order chi connectivity index (χ0) is 13.8. The molecular weight excluding hydrogens is 240 g/mol. The number of nitrogens with one attached hydrogen (secondary N) is 1. The molecule has 0 amide bonds. The Morgan fingerprint density at radius 1 is 1.39 bits per heavy atom. The highest BCUT2D eigenvalue weighted by Crippen LogP contribution is 2.33. The van der Waals surface area contributed by atoms with Gasteiger partial charge in [-0.2, -0.15) is 0 Å². The number of halogens is 2. The van der Waals surface area contributed by atoms with Gasteiger partial charge in [-0.25, -0.2) is 8.78 Å². The van der Waals surface area contributed by atoms with Crippen molar-refractivity contribution in [1.82, 2.24) is 5.32 Å². The fourth-order valence-electron chi connectivity index (χ4n) is 1.81. The summed E-state index contributed by atoms with van der Waals surface area (Å²) in [7, 11) is 1.51. The molecule has 1 aromatic carbocycles. The zero-order valence-corrected chi connectivity index (χ0v) is 10.4. The SMILES string of the molecule is CCCC(F)(F)c1ccc(C(NC)C(=O)O)cc1. The number of carboxylic acids is 1. The highest BCUT2D eigenvalue weighted by molar-refractivity contribution is 5.75. The Hall–Kier alpha value is -1.49. The van der Waals surface area contributed by atoms with E-state index in [4.69, 9.17) is 5.11 Å². The van der Waals surface area contributed by atoms with Gasteiger partial charge in [0.15, 0.2) is 0 Å². The molecule has 0 aliphatic rings. The molecule has 0 fully saturated rings. The molecule has 1 aromatic rings. The van der Waals surface area contributed by atoms with E-state index in [0.717, 1.165) is 0 Å². The first-order chi connectivity index (χ1) is 8.42. The number of carbonyl (C=O) groups is 1. The predicted octanol–water partition coefficient (Wildman–Crippen LogP) is 2.92. The van der Waals surface area contributed by atoms with E-state index in [1.165, 1.54) is 31.3 Å². The molecule has 1 atom stereocenters. The van der Waals surface area contributed by atoms with Crippen LogP contribution in [0.15, 0.2) is 24.3 Å². The third-order valence-corrected chi connectivity index (χ3v) is 2.77. The molecule has 0 aliphatic carbocycles. The highest BCUT2D eigenvalue weighted by atomic mass is 19.3. The second kappa shape index (κ2) is 5.91. The molecule has 3 nitrogen and oxygen atoms in total. The van der Waals surface area contributed by atoms with E-state index in [-0.39, 0.29) is 12.0 Å². The third kappa shape index (κ3) is 3.26. The summed E-state index contributed by atoms with van der Waals surface area (Å²) < 4.78 is 27.2. The maximum atomic E-state index is 13.6. The van der Waals surface area contributed by atoms with Crippen LogP contribution in [0.4, 0.5) is 8.78 Å². The van der Waals surface area contributed by atoms with Crippen molar-refractivity contribution in [3.05, 3.63) is 35.4 Å². The van der Waals surface area contributed by atoms with Crippen LogP contribution in [0.1, 0.15) is 36.9 Å². The summed E-state index contributed by atoms with van der Waals surface area (Å²) in [5.74, 6) is -3.89. The van der Waals surface area contributed by atoms with Crippen molar-refractivity contribution in [3.63, 3.8) is 0 Å². The second-order valence-electron chi connectivity index (χ2n) is 4.14. The van der Waals surface area contributed by atoms with Gasteiger partial charge < -0.3 is 10.4 Å². The van der Waals surface area contributed by atoms with Gasteiger partial charge in [0, 0.05) is 12.0 Å². The molecule has 1 unspecified atom stereocenters. The van der Waals surface area contributed by atoms with Crippen molar-refractivity contribution >= 4 is 5.97 Å². The van der Waals surface area contributed by atoms with E-state index in [2.05, 4.69) is 5.32 Å². The van der Waals surface area contributed by atoms with Crippen LogP contribution in [0.25, 0.3) is 0 Å². The molecule has 100 valence electrons. The summed E-state index contributed by atoms with van der Waals surface area (Å²) >= 11 is 0. The number of hydrogen-bond acceptors (Lipinski definition) is 2. The van der Waals surface area contributed by atoms with Crippen molar-refractivity contribution < 1.29 is 18.7 Å². The minimum atomic E-state index is -2.86. The Bertz CT molecular complexity index is 404. The second-order valence-corrected chi connectivity index (χ2v) is 4.14. The van der Waals surface area contributed by atoms with E-state index in [1.807, 2.05) is 0 Å². The van der Waals surface area contributed by atoms with E-state index >= 15 is 0 Å². The van der Waals surface area contributed by atoms with Gasteiger partial charge >= 0.3 is 5.97 Å². The lowest BCUT2D eigenvalue weighted by Gasteiger charge is -2.17. The Morgan fingerprint density at radius 2 is 1.94 bits per heavy atom. The molecule has 2 N–H and O–H groups in total. The topological polar surface area (TPSA) is 49.3 Å². The molecule has 0 heterocycles. The zero-order valence-electron chi connectivity index (χ0n) is 10.4. The van der Waals surface area contributed by atoms with E-state index in [0.29, 0.717) is 12.0 Å². The standard InChI is InChI=1S/C13H17F2NO2/c1-3-8-13(14,15)10-6-4-9(5-7-10)11(16-2)12(17)18/h4-7,11,16H,3,8H2,1-2H3,(H,17,18). The molecule has 18 heavy (non-hydrogen) atoms. The largest absolute Gasteiger partial charge is 0.480 e. The van der Waals surface area contributed by atoms with Gasteiger partial charge in [0.25, 0.3) is 5.92 Å².